The first-order valence-corrected chi connectivity index (χ1v) is 6.97. The van der Waals surface area contributed by atoms with Crippen molar-refractivity contribution in [2.75, 3.05) is 5.32 Å². The quantitative estimate of drug-likeness (QED) is 0.663. The van der Waals surface area contributed by atoms with Crippen LogP contribution in [0.3, 0.4) is 0 Å². The number of rotatable bonds is 4. The topological polar surface area (TPSA) is 55.2 Å². The molecule has 0 saturated carbocycles. The Hall–Kier alpha value is -1.88. The Morgan fingerprint density at radius 1 is 1.32 bits per heavy atom. The molecule has 100 valence electrons. The summed E-state index contributed by atoms with van der Waals surface area (Å²) >= 11 is 1.66. The van der Waals surface area contributed by atoms with Gasteiger partial charge in [0.05, 0.1) is 4.92 Å². The van der Waals surface area contributed by atoms with Gasteiger partial charge in [-0.15, -0.1) is 0 Å². The lowest BCUT2D eigenvalue weighted by atomic mass is 10.1. The molecule has 0 aliphatic rings. The van der Waals surface area contributed by atoms with E-state index in [4.69, 9.17) is 0 Å². The maximum absolute atomic E-state index is 10.9. The van der Waals surface area contributed by atoms with E-state index in [-0.39, 0.29) is 16.7 Å². The van der Waals surface area contributed by atoms with Crippen molar-refractivity contribution in [3.05, 3.63) is 55.8 Å². The van der Waals surface area contributed by atoms with Crippen LogP contribution in [0.2, 0.25) is 0 Å². The van der Waals surface area contributed by atoms with E-state index >= 15 is 0 Å². The summed E-state index contributed by atoms with van der Waals surface area (Å²) in [6, 6.07) is 5.73. The molecule has 0 saturated heterocycles. The van der Waals surface area contributed by atoms with Gasteiger partial charge in [0.15, 0.2) is 0 Å². The normalized spacial score (nSPS) is 12.2. The summed E-state index contributed by atoms with van der Waals surface area (Å²) in [5.74, 6) is 0. The molecule has 1 aromatic carbocycles. The molecule has 1 aromatic heterocycles. The number of nitro groups is 1. The first-order valence-electron chi connectivity index (χ1n) is 6.03. The molecule has 19 heavy (non-hydrogen) atoms. The molecule has 0 aliphatic heterocycles. The van der Waals surface area contributed by atoms with Crippen LogP contribution in [0.5, 0.6) is 0 Å². The molecule has 2 rings (SSSR count). The highest BCUT2D eigenvalue weighted by molar-refractivity contribution is 7.07. The minimum Gasteiger partial charge on any atom is -0.378 e. The Morgan fingerprint density at radius 2 is 2.05 bits per heavy atom. The molecular formula is C14H16N2O2S. The van der Waals surface area contributed by atoms with Crippen molar-refractivity contribution in [1.29, 1.82) is 0 Å². The third kappa shape index (κ3) is 2.93. The lowest BCUT2D eigenvalue weighted by Gasteiger charge is -2.16. The predicted molar refractivity (Wildman–Crippen MR) is 78.9 cm³/mol. The van der Waals surface area contributed by atoms with Crippen LogP contribution in [0.25, 0.3) is 0 Å². The van der Waals surface area contributed by atoms with Gasteiger partial charge in [-0.05, 0) is 54.8 Å². The van der Waals surface area contributed by atoms with E-state index in [2.05, 4.69) is 23.7 Å². The predicted octanol–water partition coefficient (Wildman–Crippen LogP) is 4.45. The highest BCUT2D eigenvalue weighted by Gasteiger charge is 2.14. The molecule has 2 aromatic rings. The van der Waals surface area contributed by atoms with E-state index < -0.39 is 0 Å². The first kappa shape index (κ1) is 13.5. The van der Waals surface area contributed by atoms with E-state index in [9.17, 15) is 10.1 Å². The van der Waals surface area contributed by atoms with Crippen molar-refractivity contribution in [3.63, 3.8) is 0 Å². The Bertz CT molecular complexity index is 594. The molecule has 1 N–H and O–H groups in total. The van der Waals surface area contributed by atoms with Crippen LogP contribution in [0, 0.1) is 24.0 Å². The van der Waals surface area contributed by atoms with Gasteiger partial charge in [0, 0.05) is 23.4 Å². The molecule has 0 fully saturated rings. The molecule has 0 aliphatic carbocycles. The standard InChI is InChI=1S/C14H16N2O2S/c1-9-7-14(16(17)18)10(2)6-13(9)15-11(3)12-4-5-19-8-12/h4-8,11,15H,1-3H3. The molecule has 0 bridgehead atoms. The van der Waals surface area contributed by atoms with Gasteiger partial charge in [-0.3, -0.25) is 10.1 Å². The molecule has 1 atom stereocenters. The summed E-state index contributed by atoms with van der Waals surface area (Å²) in [5, 5.41) is 18.4. The Labute approximate surface area is 116 Å². The van der Waals surface area contributed by atoms with Gasteiger partial charge in [-0.1, -0.05) is 0 Å². The molecule has 4 nitrogen and oxygen atoms in total. The van der Waals surface area contributed by atoms with Gasteiger partial charge in [0.1, 0.15) is 0 Å². The number of benzene rings is 1. The molecule has 0 radical (unpaired) electrons. The van der Waals surface area contributed by atoms with Crippen LogP contribution in [-0.4, -0.2) is 4.92 Å². The van der Waals surface area contributed by atoms with E-state index in [1.54, 1.807) is 24.3 Å². The van der Waals surface area contributed by atoms with Crippen LogP contribution in [0.1, 0.15) is 29.7 Å². The number of nitrogens with one attached hydrogen (secondary N) is 1. The molecule has 1 unspecified atom stereocenters. The lowest BCUT2D eigenvalue weighted by molar-refractivity contribution is -0.385. The van der Waals surface area contributed by atoms with Gasteiger partial charge < -0.3 is 5.32 Å². The summed E-state index contributed by atoms with van der Waals surface area (Å²) in [7, 11) is 0. The second-order valence-electron chi connectivity index (χ2n) is 4.63. The molecule has 1 heterocycles. The first-order chi connectivity index (χ1) is 8.99. The van der Waals surface area contributed by atoms with Crippen molar-refractivity contribution >= 4 is 22.7 Å². The van der Waals surface area contributed by atoms with Gasteiger partial charge >= 0.3 is 0 Å². The minimum absolute atomic E-state index is 0.172. The fourth-order valence-electron chi connectivity index (χ4n) is 1.99. The zero-order chi connectivity index (χ0) is 14.0. The zero-order valence-corrected chi connectivity index (χ0v) is 12.0. The van der Waals surface area contributed by atoms with Gasteiger partial charge in [0.2, 0.25) is 0 Å². The summed E-state index contributed by atoms with van der Waals surface area (Å²) in [5.41, 5.74) is 3.91. The van der Waals surface area contributed by atoms with Crippen LogP contribution in [0.15, 0.2) is 29.0 Å². The van der Waals surface area contributed by atoms with Crippen molar-refractivity contribution < 1.29 is 4.92 Å². The van der Waals surface area contributed by atoms with Crippen molar-refractivity contribution in [1.82, 2.24) is 0 Å². The maximum atomic E-state index is 10.9. The third-order valence-electron chi connectivity index (χ3n) is 3.15. The molecular weight excluding hydrogens is 260 g/mol. The van der Waals surface area contributed by atoms with Crippen molar-refractivity contribution in [2.24, 2.45) is 0 Å². The van der Waals surface area contributed by atoms with Gasteiger partial charge in [0.25, 0.3) is 5.69 Å². The SMILES string of the molecule is Cc1cc([N+](=O)[O-])c(C)cc1NC(C)c1ccsc1. The average Bonchev–Trinajstić information content (AvgIpc) is 2.86. The number of anilines is 1. The monoisotopic (exact) mass is 276 g/mol. The summed E-state index contributed by atoms with van der Waals surface area (Å²) < 4.78 is 0. The average molecular weight is 276 g/mol. The van der Waals surface area contributed by atoms with E-state index in [1.807, 2.05) is 18.4 Å². The second-order valence-corrected chi connectivity index (χ2v) is 5.41. The highest BCUT2D eigenvalue weighted by atomic mass is 32.1. The molecule has 0 spiro atoms. The molecule has 5 heteroatoms. The second kappa shape index (κ2) is 5.40. The van der Waals surface area contributed by atoms with E-state index in [1.165, 1.54) is 5.56 Å². The van der Waals surface area contributed by atoms with Gasteiger partial charge in [-0.25, -0.2) is 0 Å². The van der Waals surface area contributed by atoms with Crippen LogP contribution >= 0.6 is 11.3 Å². The number of hydrogen-bond acceptors (Lipinski definition) is 4. The Morgan fingerprint density at radius 3 is 2.63 bits per heavy atom. The van der Waals surface area contributed by atoms with Crippen molar-refractivity contribution in [3.8, 4) is 0 Å². The fourth-order valence-corrected chi connectivity index (χ4v) is 2.75. The number of aryl methyl sites for hydroxylation is 2. The minimum atomic E-state index is -0.339. The lowest BCUT2D eigenvalue weighted by Crippen LogP contribution is -2.07. The fraction of sp³-hybridized carbons (Fsp3) is 0.286. The van der Waals surface area contributed by atoms with E-state index in [0.717, 1.165) is 11.3 Å². The maximum Gasteiger partial charge on any atom is 0.272 e. The third-order valence-corrected chi connectivity index (χ3v) is 3.86. The number of nitro benzene ring substituents is 1. The number of hydrogen-bond donors (Lipinski definition) is 1. The van der Waals surface area contributed by atoms with Crippen molar-refractivity contribution in [2.45, 2.75) is 26.8 Å². The number of thiophene rings is 1. The number of nitrogens with zero attached hydrogens (tertiary/aromatic N) is 1. The summed E-state index contributed by atoms with van der Waals surface area (Å²) in [6.45, 7) is 5.73. The van der Waals surface area contributed by atoms with E-state index in [0.29, 0.717) is 5.56 Å². The van der Waals surface area contributed by atoms with Crippen LogP contribution < -0.4 is 5.32 Å². The zero-order valence-electron chi connectivity index (χ0n) is 11.1. The summed E-state index contributed by atoms with van der Waals surface area (Å²) in [6.07, 6.45) is 0. The molecule has 0 amide bonds. The van der Waals surface area contributed by atoms with Crippen LogP contribution in [-0.2, 0) is 0 Å². The Balaban J connectivity index is 2.26. The Kier molecular flexibility index (Phi) is 3.85. The van der Waals surface area contributed by atoms with Gasteiger partial charge in [-0.2, -0.15) is 11.3 Å². The summed E-state index contributed by atoms with van der Waals surface area (Å²) in [4.78, 5) is 10.5. The van der Waals surface area contributed by atoms with Crippen LogP contribution in [0.4, 0.5) is 11.4 Å². The highest BCUT2D eigenvalue weighted by Crippen LogP contribution is 2.29. The largest absolute Gasteiger partial charge is 0.378 e. The smallest absolute Gasteiger partial charge is 0.272 e.